The number of carbonyl (C=O) groups is 3. The Morgan fingerprint density at radius 3 is 2.38 bits per heavy atom. The summed E-state index contributed by atoms with van der Waals surface area (Å²) in [7, 11) is 0. The van der Waals surface area contributed by atoms with Crippen LogP contribution in [-0.4, -0.2) is 75.0 Å². The van der Waals surface area contributed by atoms with Crippen LogP contribution in [0.25, 0.3) is 0 Å². The summed E-state index contributed by atoms with van der Waals surface area (Å²) >= 11 is 7.22. The highest BCUT2D eigenvalue weighted by Crippen LogP contribution is 2.22. The molecule has 4 rings (SSSR count). The molecule has 0 atom stereocenters. The predicted octanol–water partition coefficient (Wildman–Crippen LogP) is 3.76. The number of benzene rings is 1. The van der Waals surface area contributed by atoms with E-state index >= 15 is 0 Å². The zero-order valence-corrected chi connectivity index (χ0v) is 21.5. The molecule has 2 amide bonds. The smallest absolute Gasteiger partial charge is 0.475 e. The van der Waals surface area contributed by atoms with E-state index in [1.54, 1.807) is 29.3 Å². The molecule has 0 unspecified atom stereocenters. The molecule has 16 heteroatoms. The van der Waals surface area contributed by atoms with Crippen molar-refractivity contribution in [1.29, 1.82) is 0 Å². The summed E-state index contributed by atoms with van der Waals surface area (Å²) in [4.78, 5) is 45.8. The Bertz CT molecular complexity index is 1330. The van der Waals surface area contributed by atoms with Gasteiger partial charge in [-0.05, 0) is 24.3 Å². The van der Waals surface area contributed by atoms with E-state index in [1.807, 2.05) is 5.38 Å². The average molecular weight is 589 g/mol. The molecule has 0 aliphatic carbocycles. The van der Waals surface area contributed by atoms with E-state index in [1.165, 1.54) is 23.5 Å². The van der Waals surface area contributed by atoms with E-state index in [9.17, 15) is 27.2 Å². The first-order valence-electron chi connectivity index (χ1n) is 11.1. The summed E-state index contributed by atoms with van der Waals surface area (Å²) in [6.45, 7) is 2.49. The van der Waals surface area contributed by atoms with Crippen molar-refractivity contribution < 1.29 is 37.1 Å². The number of hydrogen-bond donors (Lipinski definition) is 3. The maximum absolute atomic E-state index is 14.2. The highest BCUT2D eigenvalue weighted by Gasteiger charge is 2.38. The van der Waals surface area contributed by atoms with Crippen molar-refractivity contribution in [2.24, 2.45) is 5.73 Å². The minimum Gasteiger partial charge on any atom is -0.475 e. The number of piperazine rings is 1. The number of aromatic nitrogens is 2. The molecule has 0 bridgehead atoms. The Morgan fingerprint density at radius 2 is 1.82 bits per heavy atom. The zero-order chi connectivity index (χ0) is 28.7. The van der Waals surface area contributed by atoms with Crippen LogP contribution in [0.1, 0.15) is 26.4 Å². The van der Waals surface area contributed by atoms with E-state index in [0.29, 0.717) is 54.9 Å². The standard InChI is InChI=1S/C21H20ClFN6O2S.C2HF3O2/c22-16-3-1-2-15(18(16)23)20(31)29-7-5-28(6-8-29)12-14-10-13(19(24)30)11-17(26-14)27-21-25-4-9-32-21;3-2(4,5)1(6)7/h1-4,9-11H,5-8,12H2,(H2,24,30)(H,25,26,27);(H,6,7). The second-order valence-electron chi connectivity index (χ2n) is 8.03. The Morgan fingerprint density at radius 1 is 1.15 bits per heavy atom. The number of anilines is 2. The molecule has 39 heavy (non-hydrogen) atoms. The van der Waals surface area contributed by atoms with Gasteiger partial charge in [0.1, 0.15) is 5.82 Å². The summed E-state index contributed by atoms with van der Waals surface area (Å²) in [5.41, 5.74) is 6.47. The number of pyridine rings is 1. The molecule has 4 N–H and O–H groups in total. The molecular formula is C23H21ClF4N6O4S. The molecule has 1 saturated heterocycles. The third-order valence-corrected chi connectivity index (χ3v) is 6.28. The fraction of sp³-hybridized carbons (Fsp3) is 0.261. The van der Waals surface area contributed by atoms with Crippen molar-refractivity contribution in [2.75, 3.05) is 31.5 Å². The largest absolute Gasteiger partial charge is 0.490 e. The number of alkyl halides is 3. The summed E-state index contributed by atoms with van der Waals surface area (Å²) in [5.74, 6) is -3.90. The summed E-state index contributed by atoms with van der Waals surface area (Å²) in [5, 5.41) is 12.6. The molecule has 10 nitrogen and oxygen atoms in total. The van der Waals surface area contributed by atoms with Gasteiger partial charge in [0.25, 0.3) is 5.91 Å². The maximum Gasteiger partial charge on any atom is 0.490 e. The van der Waals surface area contributed by atoms with Crippen LogP contribution in [0.4, 0.5) is 28.5 Å². The predicted molar refractivity (Wildman–Crippen MR) is 134 cm³/mol. The number of halogens is 5. The number of carboxylic acid groups (broad SMARTS) is 1. The van der Waals surface area contributed by atoms with Crippen molar-refractivity contribution in [3.63, 3.8) is 0 Å². The summed E-state index contributed by atoms with van der Waals surface area (Å²) in [6, 6.07) is 7.66. The lowest BCUT2D eigenvalue weighted by Gasteiger charge is -2.34. The number of carbonyl (C=O) groups excluding carboxylic acids is 2. The van der Waals surface area contributed by atoms with E-state index in [2.05, 4.69) is 20.2 Å². The van der Waals surface area contributed by atoms with Gasteiger partial charge in [-0.2, -0.15) is 13.2 Å². The van der Waals surface area contributed by atoms with Crippen molar-refractivity contribution in [1.82, 2.24) is 19.8 Å². The second-order valence-corrected chi connectivity index (χ2v) is 9.33. The number of nitrogens with two attached hydrogens (primary N) is 1. The Balaban J connectivity index is 0.000000532. The molecule has 3 heterocycles. The molecular weight excluding hydrogens is 568 g/mol. The van der Waals surface area contributed by atoms with Crippen molar-refractivity contribution in [3.05, 3.63) is 69.6 Å². The normalized spacial score (nSPS) is 13.8. The van der Waals surface area contributed by atoms with Gasteiger partial charge >= 0.3 is 12.1 Å². The number of hydrogen-bond acceptors (Lipinski definition) is 8. The first-order valence-corrected chi connectivity index (χ1v) is 12.3. The van der Waals surface area contributed by atoms with Crippen molar-refractivity contribution in [2.45, 2.75) is 12.7 Å². The van der Waals surface area contributed by atoms with Gasteiger partial charge in [-0.25, -0.2) is 19.2 Å². The van der Waals surface area contributed by atoms with Gasteiger partial charge in [-0.15, -0.1) is 11.3 Å². The quantitative estimate of drug-likeness (QED) is 0.370. The molecule has 1 fully saturated rings. The van der Waals surface area contributed by atoms with Gasteiger partial charge in [0.05, 0.1) is 16.3 Å². The van der Waals surface area contributed by atoms with Crippen LogP contribution in [0.3, 0.4) is 0 Å². The highest BCUT2D eigenvalue weighted by atomic mass is 35.5. The van der Waals surface area contributed by atoms with E-state index < -0.39 is 23.9 Å². The first-order chi connectivity index (χ1) is 18.3. The van der Waals surface area contributed by atoms with Crippen molar-refractivity contribution in [3.8, 4) is 0 Å². The van der Waals surface area contributed by atoms with Gasteiger partial charge in [-0.1, -0.05) is 17.7 Å². The van der Waals surface area contributed by atoms with Crippen LogP contribution in [0, 0.1) is 5.82 Å². The number of rotatable bonds is 6. The van der Waals surface area contributed by atoms with Crippen LogP contribution < -0.4 is 11.1 Å². The lowest BCUT2D eigenvalue weighted by molar-refractivity contribution is -0.192. The number of nitrogens with zero attached hydrogens (tertiary/aromatic N) is 4. The molecule has 1 aliphatic heterocycles. The number of nitrogens with one attached hydrogen (secondary N) is 1. The molecule has 3 aromatic rings. The van der Waals surface area contributed by atoms with E-state index in [4.69, 9.17) is 27.2 Å². The molecule has 0 saturated carbocycles. The number of primary amides is 1. The van der Waals surface area contributed by atoms with Gasteiger partial charge < -0.3 is 21.1 Å². The fourth-order valence-corrected chi connectivity index (χ4v) is 4.16. The minimum atomic E-state index is -5.08. The maximum atomic E-state index is 14.2. The molecule has 1 aliphatic rings. The molecule has 2 aromatic heterocycles. The van der Waals surface area contributed by atoms with Gasteiger partial charge in [0.15, 0.2) is 10.9 Å². The van der Waals surface area contributed by atoms with Gasteiger partial charge in [0.2, 0.25) is 5.91 Å². The number of amides is 2. The third-order valence-electron chi connectivity index (χ3n) is 5.30. The third kappa shape index (κ3) is 8.33. The minimum absolute atomic E-state index is 0.0281. The first kappa shape index (κ1) is 29.7. The number of carboxylic acids is 1. The second kappa shape index (κ2) is 12.8. The van der Waals surface area contributed by atoms with Crippen LogP contribution in [-0.2, 0) is 11.3 Å². The Kier molecular flexibility index (Phi) is 9.77. The monoisotopic (exact) mass is 588 g/mol. The topological polar surface area (TPSA) is 142 Å². The zero-order valence-electron chi connectivity index (χ0n) is 19.9. The average Bonchev–Trinajstić information content (AvgIpc) is 3.38. The van der Waals surface area contributed by atoms with Crippen molar-refractivity contribution >= 4 is 51.7 Å². The SMILES string of the molecule is NC(=O)c1cc(CN2CCN(C(=O)c3cccc(Cl)c3F)CC2)nc(Nc2nccs2)c1.O=C(O)C(F)(F)F. The Hall–Kier alpha value is -3.82. The number of thiazole rings is 1. The van der Waals surface area contributed by atoms with E-state index in [-0.39, 0.29) is 16.5 Å². The lowest BCUT2D eigenvalue weighted by atomic mass is 10.1. The fourth-order valence-electron chi connectivity index (χ4n) is 3.45. The summed E-state index contributed by atoms with van der Waals surface area (Å²) < 4.78 is 45.9. The highest BCUT2D eigenvalue weighted by molar-refractivity contribution is 7.13. The van der Waals surface area contributed by atoms with Gasteiger partial charge in [-0.3, -0.25) is 14.5 Å². The van der Waals surface area contributed by atoms with Crippen LogP contribution in [0.15, 0.2) is 41.9 Å². The number of aliphatic carboxylic acids is 1. The van der Waals surface area contributed by atoms with Crippen LogP contribution >= 0.6 is 22.9 Å². The lowest BCUT2D eigenvalue weighted by Crippen LogP contribution is -2.48. The van der Waals surface area contributed by atoms with Crippen LogP contribution in [0.5, 0.6) is 0 Å². The van der Waals surface area contributed by atoms with Gasteiger partial charge in [0, 0.05) is 49.9 Å². The molecule has 1 aromatic carbocycles. The summed E-state index contributed by atoms with van der Waals surface area (Å²) in [6.07, 6.45) is -3.41. The van der Waals surface area contributed by atoms with Crippen LogP contribution in [0.2, 0.25) is 5.02 Å². The molecule has 0 radical (unpaired) electrons. The molecule has 208 valence electrons. The molecule has 0 spiro atoms. The Labute approximate surface area is 228 Å². The van der Waals surface area contributed by atoms with E-state index in [0.717, 1.165) is 0 Å².